The number of hydrogen-bond acceptors (Lipinski definition) is 3. The van der Waals surface area contributed by atoms with Gasteiger partial charge in [-0.25, -0.2) is 0 Å². The summed E-state index contributed by atoms with van der Waals surface area (Å²) in [5, 5.41) is 3.01. The Hall–Kier alpha value is -2.33. The third kappa shape index (κ3) is 4.20. The molecule has 2 aromatic rings. The second-order valence-electron chi connectivity index (χ2n) is 6.75. The second-order valence-corrected chi connectivity index (χ2v) is 6.75. The first-order chi connectivity index (χ1) is 12.1. The van der Waals surface area contributed by atoms with Crippen molar-refractivity contribution in [2.75, 3.05) is 42.9 Å². The van der Waals surface area contributed by atoms with Crippen molar-refractivity contribution < 1.29 is 4.79 Å². The highest BCUT2D eigenvalue weighted by molar-refractivity contribution is 6.04. The Morgan fingerprint density at radius 2 is 1.80 bits per heavy atom. The minimum absolute atomic E-state index is 0.0626. The van der Waals surface area contributed by atoms with Crippen LogP contribution in [0, 0.1) is 13.8 Å². The molecule has 0 spiro atoms. The number of benzene rings is 2. The van der Waals surface area contributed by atoms with E-state index in [0.29, 0.717) is 5.56 Å². The summed E-state index contributed by atoms with van der Waals surface area (Å²) in [7, 11) is 0. The summed E-state index contributed by atoms with van der Waals surface area (Å²) in [5.74, 6) is -0.0626. The number of amides is 1. The molecule has 1 amide bonds. The Morgan fingerprint density at radius 1 is 1.04 bits per heavy atom. The standard InChI is InChI=1S/C21H27N3O/c1-4-23-10-12-24(13-11-23)20-9-8-19(15-17(20)3)22-21(25)18-7-5-6-16(2)14-18/h5-9,14-15H,4,10-13H2,1-3H3,(H,22,25). The number of hydrogen-bond donors (Lipinski definition) is 1. The van der Waals surface area contributed by atoms with E-state index in [-0.39, 0.29) is 5.91 Å². The van der Waals surface area contributed by atoms with E-state index in [1.807, 2.05) is 37.3 Å². The minimum Gasteiger partial charge on any atom is -0.369 e. The topological polar surface area (TPSA) is 35.6 Å². The molecule has 1 fully saturated rings. The summed E-state index contributed by atoms with van der Waals surface area (Å²) < 4.78 is 0. The fraction of sp³-hybridized carbons (Fsp3) is 0.381. The molecule has 0 bridgehead atoms. The van der Waals surface area contributed by atoms with E-state index >= 15 is 0 Å². The van der Waals surface area contributed by atoms with E-state index in [0.717, 1.165) is 44.0 Å². The van der Waals surface area contributed by atoms with Crippen molar-refractivity contribution in [2.24, 2.45) is 0 Å². The number of aryl methyl sites for hydroxylation is 2. The summed E-state index contributed by atoms with van der Waals surface area (Å²) in [6.45, 7) is 11.8. The van der Waals surface area contributed by atoms with Crippen LogP contribution in [-0.2, 0) is 0 Å². The largest absolute Gasteiger partial charge is 0.369 e. The predicted molar refractivity (Wildman–Crippen MR) is 105 cm³/mol. The highest BCUT2D eigenvalue weighted by Crippen LogP contribution is 2.25. The molecule has 1 heterocycles. The minimum atomic E-state index is -0.0626. The van der Waals surface area contributed by atoms with Crippen molar-refractivity contribution in [3.8, 4) is 0 Å². The summed E-state index contributed by atoms with van der Waals surface area (Å²) >= 11 is 0. The SMILES string of the molecule is CCN1CCN(c2ccc(NC(=O)c3cccc(C)c3)cc2C)CC1. The quantitative estimate of drug-likeness (QED) is 0.924. The van der Waals surface area contributed by atoms with Crippen LogP contribution in [0.5, 0.6) is 0 Å². The Morgan fingerprint density at radius 3 is 2.44 bits per heavy atom. The molecule has 132 valence electrons. The first kappa shape index (κ1) is 17.5. The van der Waals surface area contributed by atoms with Crippen LogP contribution in [0.4, 0.5) is 11.4 Å². The van der Waals surface area contributed by atoms with Crippen LogP contribution in [0.15, 0.2) is 42.5 Å². The van der Waals surface area contributed by atoms with E-state index in [9.17, 15) is 4.79 Å². The molecule has 1 saturated heterocycles. The number of carbonyl (C=O) groups is 1. The molecule has 0 aliphatic carbocycles. The maximum Gasteiger partial charge on any atom is 0.255 e. The molecule has 3 rings (SSSR count). The number of piperazine rings is 1. The molecule has 0 aromatic heterocycles. The Bertz CT molecular complexity index is 749. The fourth-order valence-electron chi connectivity index (χ4n) is 3.38. The molecule has 0 atom stereocenters. The molecule has 2 aromatic carbocycles. The number of anilines is 2. The van der Waals surface area contributed by atoms with Gasteiger partial charge in [-0.05, 0) is 56.3 Å². The normalized spacial score (nSPS) is 15.2. The zero-order chi connectivity index (χ0) is 17.8. The Balaban J connectivity index is 1.69. The molecule has 1 N–H and O–H groups in total. The molecule has 1 aliphatic rings. The smallest absolute Gasteiger partial charge is 0.255 e. The van der Waals surface area contributed by atoms with Crippen LogP contribution in [0.3, 0.4) is 0 Å². The van der Waals surface area contributed by atoms with Crippen LogP contribution in [0.25, 0.3) is 0 Å². The average molecular weight is 337 g/mol. The zero-order valence-electron chi connectivity index (χ0n) is 15.4. The van der Waals surface area contributed by atoms with Crippen LogP contribution < -0.4 is 10.2 Å². The molecule has 0 unspecified atom stereocenters. The lowest BCUT2D eigenvalue weighted by Gasteiger charge is -2.36. The second kappa shape index (κ2) is 7.70. The fourth-order valence-corrected chi connectivity index (χ4v) is 3.38. The third-order valence-corrected chi connectivity index (χ3v) is 4.90. The highest BCUT2D eigenvalue weighted by Gasteiger charge is 2.17. The van der Waals surface area contributed by atoms with Gasteiger partial charge < -0.3 is 15.1 Å². The van der Waals surface area contributed by atoms with Gasteiger partial charge >= 0.3 is 0 Å². The molecule has 0 saturated carbocycles. The zero-order valence-corrected chi connectivity index (χ0v) is 15.4. The van der Waals surface area contributed by atoms with Crippen molar-refractivity contribution >= 4 is 17.3 Å². The lowest BCUT2D eigenvalue weighted by molar-refractivity contribution is 0.102. The molecule has 0 radical (unpaired) electrons. The highest BCUT2D eigenvalue weighted by atomic mass is 16.1. The Labute approximate surface area is 150 Å². The predicted octanol–water partition coefficient (Wildman–Crippen LogP) is 3.70. The average Bonchev–Trinajstić information content (AvgIpc) is 2.62. The first-order valence-corrected chi connectivity index (χ1v) is 9.03. The van der Waals surface area contributed by atoms with E-state index in [1.54, 1.807) is 0 Å². The summed E-state index contributed by atoms with van der Waals surface area (Å²) in [4.78, 5) is 17.3. The summed E-state index contributed by atoms with van der Waals surface area (Å²) in [6, 6.07) is 13.9. The van der Waals surface area contributed by atoms with Gasteiger partial charge in [0.2, 0.25) is 0 Å². The van der Waals surface area contributed by atoms with Crippen LogP contribution in [-0.4, -0.2) is 43.5 Å². The maximum atomic E-state index is 12.4. The summed E-state index contributed by atoms with van der Waals surface area (Å²) in [6.07, 6.45) is 0. The maximum absolute atomic E-state index is 12.4. The Kier molecular flexibility index (Phi) is 5.39. The van der Waals surface area contributed by atoms with Crippen molar-refractivity contribution in [3.05, 3.63) is 59.2 Å². The number of likely N-dealkylation sites (N-methyl/N-ethyl adjacent to an activating group) is 1. The molecule has 1 aliphatic heterocycles. The molecule has 4 heteroatoms. The molecule has 25 heavy (non-hydrogen) atoms. The lowest BCUT2D eigenvalue weighted by Crippen LogP contribution is -2.46. The number of nitrogens with zero attached hydrogens (tertiary/aromatic N) is 2. The van der Waals surface area contributed by atoms with Crippen molar-refractivity contribution in [3.63, 3.8) is 0 Å². The van der Waals surface area contributed by atoms with E-state index in [1.165, 1.54) is 11.3 Å². The number of nitrogens with one attached hydrogen (secondary N) is 1. The lowest BCUT2D eigenvalue weighted by atomic mass is 10.1. The van der Waals surface area contributed by atoms with Gasteiger partial charge in [0.1, 0.15) is 0 Å². The van der Waals surface area contributed by atoms with Gasteiger partial charge in [0.05, 0.1) is 0 Å². The van der Waals surface area contributed by atoms with Crippen LogP contribution in [0.2, 0.25) is 0 Å². The van der Waals surface area contributed by atoms with Crippen LogP contribution in [0.1, 0.15) is 28.4 Å². The van der Waals surface area contributed by atoms with E-state index < -0.39 is 0 Å². The first-order valence-electron chi connectivity index (χ1n) is 9.03. The van der Waals surface area contributed by atoms with Crippen molar-refractivity contribution in [2.45, 2.75) is 20.8 Å². The van der Waals surface area contributed by atoms with Crippen molar-refractivity contribution in [1.29, 1.82) is 0 Å². The molecular weight excluding hydrogens is 310 g/mol. The van der Waals surface area contributed by atoms with Gasteiger partial charge in [0, 0.05) is 43.1 Å². The van der Waals surface area contributed by atoms with Crippen LogP contribution >= 0.6 is 0 Å². The van der Waals surface area contributed by atoms with Gasteiger partial charge in [-0.3, -0.25) is 4.79 Å². The van der Waals surface area contributed by atoms with Gasteiger partial charge in [0.15, 0.2) is 0 Å². The number of carbonyl (C=O) groups excluding carboxylic acids is 1. The summed E-state index contributed by atoms with van der Waals surface area (Å²) in [5.41, 5.74) is 5.10. The van der Waals surface area contributed by atoms with E-state index in [2.05, 4.69) is 41.1 Å². The van der Waals surface area contributed by atoms with Gasteiger partial charge in [0.25, 0.3) is 5.91 Å². The molecular formula is C21H27N3O. The molecule has 4 nitrogen and oxygen atoms in total. The number of rotatable bonds is 4. The van der Waals surface area contributed by atoms with Gasteiger partial charge in [-0.15, -0.1) is 0 Å². The third-order valence-electron chi connectivity index (χ3n) is 4.90. The monoisotopic (exact) mass is 337 g/mol. The van der Waals surface area contributed by atoms with Crippen molar-refractivity contribution in [1.82, 2.24) is 4.90 Å². The van der Waals surface area contributed by atoms with E-state index in [4.69, 9.17) is 0 Å². The van der Waals surface area contributed by atoms with Gasteiger partial charge in [-0.2, -0.15) is 0 Å². The van der Waals surface area contributed by atoms with Gasteiger partial charge in [-0.1, -0.05) is 24.6 Å².